The molecule has 7 heteroatoms. The van der Waals surface area contributed by atoms with E-state index in [1.807, 2.05) is 42.5 Å². The summed E-state index contributed by atoms with van der Waals surface area (Å²) in [6.45, 7) is 0.578. The number of para-hydroxylation sites is 1. The zero-order chi connectivity index (χ0) is 16.9. The Labute approximate surface area is 144 Å². The third kappa shape index (κ3) is 3.50. The molecular formula is C18H15N7. The van der Waals surface area contributed by atoms with Gasteiger partial charge in [-0.2, -0.15) is 10.1 Å². The molecule has 0 aliphatic rings. The van der Waals surface area contributed by atoms with Crippen LogP contribution in [0.2, 0.25) is 0 Å². The van der Waals surface area contributed by atoms with E-state index in [0.717, 1.165) is 22.2 Å². The zero-order valence-corrected chi connectivity index (χ0v) is 13.3. The summed E-state index contributed by atoms with van der Waals surface area (Å²) in [7, 11) is 0. The Bertz CT molecular complexity index is 983. The van der Waals surface area contributed by atoms with Gasteiger partial charge in [-0.25, -0.2) is 0 Å². The predicted octanol–water partition coefficient (Wildman–Crippen LogP) is 3.17. The molecule has 3 heterocycles. The molecule has 0 amide bonds. The van der Waals surface area contributed by atoms with Crippen LogP contribution in [0.25, 0.3) is 10.9 Å². The molecule has 7 nitrogen and oxygen atoms in total. The lowest BCUT2D eigenvalue weighted by Gasteiger charge is -2.09. The molecular weight excluding hydrogens is 314 g/mol. The van der Waals surface area contributed by atoms with Crippen LogP contribution in [0.4, 0.5) is 17.5 Å². The van der Waals surface area contributed by atoms with E-state index in [1.165, 1.54) is 0 Å². The van der Waals surface area contributed by atoms with E-state index >= 15 is 0 Å². The van der Waals surface area contributed by atoms with Gasteiger partial charge in [0.2, 0.25) is 5.95 Å². The maximum atomic E-state index is 4.45. The lowest BCUT2D eigenvalue weighted by atomic mass is 10.2. The van der Waals surface area contributed by atoms with Crippen LogP contribution in [0, 0.1) is 0 Å². The number of rotatable bonds is 5. The number of pyridine rings is 2. The molecule has 4 rings (SSSR count). The highest BCUT2D eigenvalue weighted by Crippen LogP contribution is 2.23. The molecule has 0 saturated heterocycles. The maximum absolute atomic E-state index is 4.45. The molecule has 0 bridgehead atoms. The smallest absolute Gasteiger partial charge is 0.244 e. The van der Waals surface area contributed by atoms with Gasteiger partial charge in [0.25, 0.3) is 0 Å². The number of anilines is 3. The average molecular weight is 329 g/mol. The molecule has 4 aromatic rings. The van der Waals surface area contributed by atoms with Crippen molar-refractivity contribution in [3.63, 3.8) is 0 Å². The van der Waals surface area contributed by atoms with Crippen molar-refractivity contribution >= 4 is 28.4 Å². The highest BCUT2D eigenvalue weighted by atomic mass is 15.3. The third-order valence-corrected chi connectivity index (χ3v) is 3.63. The molecule has 2 N–H and O–H groups in total. The molecule has 0 fully saturated rings. The van der Waals surface area contributed by atoms with Gasteiger partial charge in [0.15, 0.2) is 5.82 Å². The van der Waals surface area contributed by atoms with Gasteiger partial charge in [0, 0.05) is 30.5 Å². The molecule has 0 aliphatic carbocycles. The standard InChI is InChI=1S/C18H15N7/c1-5-14-6-3-9-20-17(14)15(7-1)23-16-12-22-25-18(24-16)21-11-13-4-2-8-19-10-13/h1-10,12H,11H2,(H2,21,23,24,25). The topological polar surface area (TPSA) is 88.5 Å². The number of aromatic nitrogens is 5. The van der Waals surface area contributed by atoms with Gasteiger partial charge >= 0.3 is 0 Å². The summed E-state index contributed by atoms with van der Waals surface area (Å²) in [5.41, 5.74) is 2.80. The number of hydrogen-bond donors (Lipinski definition) is 2. The van der Waals surface area contributed by atoms with Gasteiger partial charge in [-0.05, 0) is 23.8 Å². The largest absolute Gasteiger partial charge is 0.349 e. The van der Waals surface area contributed by atoms with Gasteiger partial charge < -0.3 is 10.6 Å². The molecule has 3 aromatic heterocycles. The van der Waals surface area contributed by atoms with Crippen molar-refractivity contribution in [3.05, 3.63) is 72.8 Å². The van der Waals surface area contributed by atoms with Crippen LogP contribution in [-0.2, 0) is 6.54 Å². The summed E-state index contributed by atoms with van der Waals surface area (Å²) in [6, 6.07) is 13.8. The van der Waals surface area contributed by atoms with Gasteiger partial charge in [-0.1, -0.05) is 24.3 Å². The van der Waals surface area contributed by atoms with Crippen LogP contribution in [0.3, 0.4) is 0 Å². The van der Waals surface area contributed by atoms with E-state index in [4.69, 9.17) is 0 Å². The summed E-state index contributed by atoms with van der Waals surface area (Å²) in [5.74, 6) is 1.05. The van der Waals surface area contributed by atoms with E-state index in [0.29, 0.717) is 18.3 Å². The molecule has 25 heavy (non-hydrogen) atoms. The first-order valence-electron chi connectivity index (χ1n) is 7.82. The minimum atomic E-state index is 0.446. The number of fused-ring (bicyclic) bond motifs is 1. The molecule has 0 spiro atoms. The van der Waals surface area contributed by atoms with Crippen LogP contribution in [0.1, 0.15) is 5.56 Å². The highest BCUT2D eigenvalue weighted by molar-refractivity contribution is 5.91. The van der Waals surface area contributed by atoms with Gasteiger partial charge in [-0.15, -0.1) is 5.10 Å². The molecule has 122 valence electrons. The monoisotopic (exact) mass is 329 g/mol. The molecule has 0 aliphatic heterocycles. The number of hydrogen-bond acceptors (Lipinski definition) is 7. The van der Waals surface area contributed by atoms with E-state index in [2.05, 4.69) is 35.8 Å². The first kappa shape index (κ1) is 14.9. The van der Waals surface area contributed by atoms with Gasteiger partial charge in [-0.3, -0.25) is 9.97 Å². The van der Waals surface area contributed by atoms with Gasteiger partial charge in [0.1, 0.15) is 0 Å². The SMILES string of the molecule is c1cncc(CNc2nncc(Nc3cccc4cccnc34)n2)c1. The number of benzene rings is 1. The van der Waals surface area contributed by atoms with Crippen LogP contribution in [0.15, 0.2) is 67.3 Å². The lowest BCUT2D eigenvalue weighted by molar-refractivity contribution is 0.946. The third-order valence-electron chi connectivity index (χ3n) is 3.63. The van der Waals surface area contributed by atoms with Crippen molar-refractivity contribution in [1.29, 1.82) is 0 Å². The molecule has 1 aromatic carbocycles. The first-order chi connectivity index (χ1) is 12.4. The van der Waals surface area contributed by atoms with Crippen LogP contribution < -0.4 is 10.6 Å². The molecule has 0 radical (unpaired) electrons. The fourth-order valence-corrected chi connectivity index (χ4v) is 2.47. The Morgan fingerprint density at radius 1 is 0.920 bits per heavy atom. The fourth-order valence-electron chi connectivity index (χ4n) is 2.47. The fraction of sp³-hybridized carbons (Fsp3) is 0.0556. The summed E-state index contributed by atoms with van der Waals surface area (Å²) >= 11 is 0. The predicted molar refractivity (Wildman–Crippen MR) is 96.4 cm³/mol. The van der Waals surface area contributed by atoms with Gasteiger partial charge in [0.05, 0.1) is 17.4 Å². The number of nitrogens with one attached hydrogen (secondary N) is 2. The van der Waals surface area contributed by atoms with Crippen LogP contribution in [-0.4, -0.2) is 25.1 Å². The Morgan fingerprint density at radius 2 is 1.84 bits per heavy atom. The second kappa shape index (κ2) is 6.88. The van der Waals surface area contributed by atoms with Crippen molar-refractivity contribution < 1.29 is 0 Å². The molecule has 0 unspecified atom stereocenters. The summed E-state index contributed by atoms with van der Waals surface area (Å²) < 4.78 is 0. The van der Waals surface area contributed by atoms with Crippen molar-refractivity contribution in [2.45, 2.75) is 6.54 Å². The van der Waals surface area contributed by atoms with Crippen molar-refractivity contribution in [2.75, 3.05) is 10.6 Å². The molecule has 0 saturated carbocycles. The maximum Gasteiger partial charge on any atom is 0.244 e. The van der Waals surface area contributed by atoms with E-state index in [9.17, 15) is 0 Å². The Kier molecular flexibility index (Phi) is 4.11. The minimum absolute atomic E-state index is 0.446. The van der Waals surface area contributed by atoms with E-state index < -0.39 is 0 Å². The van der Waals surface area contributed by atoms with Crippen molar-refractivity contribution in [3.8, 4) is 0 Å². The Morgan fingerprint density at radius 3 is 2.76 bits per heavy atom. The Balaban J connectivity index is 1.53. The van der Waals surface area contributed by atoms with Crippen molar-refractivity contribution in [2.24, 2.45) is 0 Å². The van der Waals surface area contributed by atoms with E-state index in [1.54, 1.807) is 24.8 Å². The quantitative estimate of drug-likeness (QED) is 0.581. The second-order valence-electron chi connectivity index (χ2n) is 5.39. The summed E-state index contributed by atoms with van der Waals surface area (Å²) in [4.78, 5) is 13.0. The molecule has 0 atom stereocenters. The minimum Gasteiger partial charge on any atom is -0.349 e. The van der Waals surface area contributed by atoms with Crippen LogP contribution in [0.5, 0.6) is 0 Å². The Hall–Kier alpha value is -3.61. The number of nitrogens with zero attached hydrogens (tertiary/aromatic N) is 5. The van der Waals surface area contributed by atoms with Crippen LogP contribution >= 0.6 is 0 Å². The summed E-state index contributed by atoms with van der Waals surface area (Å²) in [5, 5.41) is 15.5. The zero-order valence-electron chi connectivity index (χ0n) is 13.3. The average Bonchev–Trinajstić information content (AvgIpc) is 2.68. The lowest BCUT2D eigenvalue weighted by Crippen LogP contribution is -2.06. The summed E-state index contributed by atoms with van der Waals surface area (Å²) in [6.07, 6.45) is 6.89. The normalized spacial score (nSPS) is 10.6. The van der Waals surface area contributed by atoms with E-state index in [-0.39, 0.29) is 0 Å². The van der Waals surface area contributed by atoms with Crippen molar-refractivity contribution in [1.82, 2.24) is 25.1 Å². The highest BCUT2D eigenvalue weighted by Gasteiger charge is 2.05. The second-order valence-corrected chi connectivity index (χ2v) is 5.39. The first-order valence-corrected chi connectivity index (χ1v) is 7.82.